The molecule has 1 aromatic rings. The topological polar surface area (TPSA) is 49.5 Å². The zero-order chi connectivity index (χ0) is 12.0. The van der Waals surface area contributed by atoms with Crippen molar-refractivity contribution < 1.29 is 5.11 Å². The Morgan fingerprint density at radius 1 is 1.38 bits per heavy atom. The summed E-state index contributed by atoms with van der Waals surface area (Å²) in [5.41, 5.74) is 8.05. The summed E-state index contributed by atoms with van der Waals surface area (Å²) in [6.07, 6.45) is 0. The lowest BCUT2D eigenvalue weighted by atomic mass is 10.1. The Morgan fingerprint density at radius 2 is 2.06 bits per heavy atom. The van der Waals surface area contributed by atoms with Crippen LogP contribution in [0, 0.1) is 5.92 Å². The van der Waals surface area contributed by atoms with Crippen LogP contribution in [0.5, 0.6) is 0 Å². The molecule has 1 atom stereocenters. The van der Waals surface area contributed by atoms with Gasteiger partial charge in [0.2, 0.25) is 0 Å². The number of nitrogens with zero attached hydrogens (tertiary/aromatic N) is 1. The van der Waals surface area contributed by atoms with Gasteiger partial charge in [0.15, 0.2) is 0 Å². The molecule has 0 aliphatic heterocycles. The monoisotopic (exact) mass is 222 g/mol. The van der Waals surface area contributed by atoms with Gasteiger partial charge in [0.1, 0.15) is 0 Å². The van der Waals surface area contributed by atoms with Crippen molar-refractivity contribution in [3.05, 3.63) is 35.4 Å². The maximum Gasteiger partial charge on any atom is 0.0468 e. The van der Waals surface area contributed by atoms with Crippen LogP contribution >= 0.6 is 0 Å². The Kier molecular flexibility index (Phi) is 5.46. The molecule has 0 radical (unpaired) electrons. The van der Waals surface area contributed by atoms with E-state index in [1.807, 2.05) is 19.1 Å². The molecule has 0 heterocycles. The van der Waals surface area contributed by atoms with E-state index >= 15 is 0 Å². The molecule has 3 heteroatoms. The first-order valence-corrected chi connectivity index (χ1v) is 5.73. The molecule has 0 aliphatic rings. The molecular formula is C13H22N2O. The summed E-state index contributed by atoms with van der Waals surface area (Å²) in [7, 11) is 2.07. The molecule has 0 bridgehead atoms. The zero-order valence-electron chi connectivity index (χ0n) is 10.2. The molecule has 3 N–H and O–H groups in total. The molecule has 0 spiro atoms. The second-order valence-electron chi connectivity index (χ2n) is 4.51. The van der Waals surface area contributed by atoms with Gasteiger partial charge in [0.25, 0.3) is 0 Å². The minimum atomic E-state index is 0.243. The van der Waals surface area contributed by atoms with Gasteiger partial charge in [-0.25, -0.2) is 0 Å². The molecule has 1 rings (SSSR count). The van der Waals surface area contributed by atoms with E-state index in [1.54, 1.807) is 0 Å². The molecule has 0 amide bonds. The number of hydrogen-bond donors (Lipinski definition) is 2. The number of benzene rings is 1. The predicted octanol–water partition coefficient (Wildman–Crippen LogP) is 1.21. The van der Waals surface area contributed by atoms with Crippen LogP contribution in [0.15, 0.2) is 24.3 Å². The van der Waals surface area contributed by atoms with E-state index in [1.165, 1.54) is 11.1 Å². The SMILES string of the molecule is CC(CO)CN(C)Cc1cccc(CN)c1. The van der Waals surface area contributed by atoms with Gasteiger partial charge >= 0.3 is 0 Å². The summed E-state index contributed by atoms with van der Waals surface area (Å²) in [5.74, 6) is 0.322. The standard InChI is InChI=1S/C13H22N2O/c1-11(10-16)8-15(2)9-13-5-3-4-12(6-13)7-14/h3-6,11,16H,7-10,14H2,1-2H3. The Labute approximate surface area is 97.9 Å². The predicted molar refractivity (Wildman–Crippen MR) is 66.9 cm³/mol. The van der Waals surface area contributed by atoms with Gasteiger partial charge in [-0.05, 0) is 24.1 Å². The van der Waals surface area contributed by atoms with Gasteiger partial charge in [-0.3, -0.25) is 0 Å². The van der Waals surface area contributed by atoms with Crippen molar-refractivity contribution >= 4 is 0 Å². The molecule has 3 nitrogen and oxygen atoms in total. The van der Waals surface area contributed by atoms with E-state index in [-0.39, 0.29) is 6.61 Å². The molecule has 1 unspecified atom stereocenters. The van der Waals surface area contributed by atoms with E-state index in [4.69, 9.17) is 10.8 Å². The molecular weight excluding hydrogens is 200 g/mol. The Bertz CT molecular complexity index is 315. The third-order valence-corrected chi connectivity index (χ3v) is 2.61. The Balaban J connectivity index is 2.51. The Hall–Kier alpha value is -0.900. The Morgan fingerprint density at radius 3 is 2.69 bits per heavy atom. The molecule has 1 aromatic carbocycles. The largest absolute Gasteiger partial charge is 0.396 e. The average molecular weight is 222 g/mol. The fourth-order valence-electron chi connectivity index (χ4n) is 1.82. The summed E-state index contributed by atoms with van der Waals surface area (Å²) in [4.78, 5) is 2.22. The summed E-state index contributed by atoms with van der Waals surface area (Å²) < 4.78 is 0. The summed E-state index contributed by atoms with van der Waals surface area (Å²) >= 11 is 0. The van der Waals surface area contributed by atoms with Crippen molar-refractivity contribution in [2.75, 3.05) is 20.2 Å². The summed E-state index contributed by atoms with van der Waals surface area (Å²) in [6, 6.07) is 8.33. The lowest BCUT2D eigenvalue weighted by Crippen LogP contribution is -2.25. The van der Waals surface area contributed by atoms with E-state index in [2.05, 4.69) is 24.1 Å². The highest BCUT2D eigenvalue weighted by Crippen LogP contribution is 2.08. The van der Waals surface area contributed by atoms with E-state index in [9.17, 15) is 0 Å². The average Bonchev–Trinajstić information content (AvgIpc) is 2.28. The molecule has 0 saturated carbocycles. The maximum absolute atomic E-state index is 8.99. The van der Waals surface area contributed by atoms with Crippen molar-refractivity contribution in [1.29, 1.82) is 0 Å². The lowest BCUT2D eigenvalue weighted by molar-refractivity contribution is 0.187. The molecule has 16 heavy (non-hydrogen) atoms. The van der Waals surface area contributed by atoms with Gasteiger partial charge in [0.05, 0.1) is 0 Å². The van der Waals surface area contributed by atoms with Gasteiger partial charge in [0, 0.05) is 26.2 Å². The van der Waals surface area contributed by atoms with Crippen LogP contribution in [0.25, 0.3) is 0 Å². The number of hydrogen-bond acceptors (Lipinski definition) is 3. The minimum Gasteiger partial charge on any atom is -0.396 e. The van der Waals surface area contributed by atoms with Crippen molar-refractivity contribution in [2.45, 2.75) is 20.0 Å². The fraction of sp³-hybridized carbons (Fsp3) is 0.538. The maximum atomic E-state index is 8.99. The van der Waals surface area contributed by atoms with E-state index < -0.39 is 0 Å². The van der Waals surface area contributed by atoms with Crippen LogP contribution < -0.4 is 5.73 Å². The first kappa shape index (κ1) is 13.2. The third kappa shape index (κ3) is 4.31. The van der Waals surface area contributed by atoms with Crippen LogP contribution in [0.2, 0.25) is 0 Å². The second-order valence-corrected chi connectivity index (χ2v) is 4.51. The molecule has 0 aromatic heterocycles. The fourth-order valence-corrected chi connectivity index (χ4v) is 1.82. The number of aliphatic hydroxyl groups is 1. The first-order valence-electron chi connectivity index (χ1n) is 5.73. The summed E-state index contributed by atoms with van der Waals surface area (Å²) in [5, 5.41) is 8.99. The second kappa shape index (κ2) is 6.63. The van der Waals surface area contributed by atoms with Gasteiger partial charge in [-0.15, -0.1) is 0 Å². The molecule has 0 saturated heterocycles. The van der Waals surface area contributed by atoms with Gasteiger partial charge in [-0.1, -0.05) is 31.2 Å². The highest BCUT2D eigenvalue weighted by atomic mass is 16.3. The molecule has 0 aliphatic carbocycles. The van der Waals surface area contributed by atoms with Crippen LogP contribution in [0.1, 0.15) is 18.1 Å². The van der Waals surface area contributed by atoms with Crippen LogP contribution in [0.3, 0.4) is 0 Å². The van der Waals surface area contributed by atoms with Crippen molar-refractivity contribution in [1.82, 2.24) is 4.90 Å². The van der Waals surface area contributed by atoms with E-state index in [0.717, 1.165) is 13.1 Å². The van der Waals surface area contributed by atoms with Crippen LogP contribution in [0.4, 0.5) is 0 Å². The van der Waals surface area contributed by atoms with Crippen LogP contribution in [-0.2, 0) is 13.1 Å². The highest BCUT2D eigenvalue weighted by molar-refractivity contribution is 5.23. The number of aliphatic hydroxyl groups excluding tert-OH is 1. The van der Waals surface area contributed by atoms with Crippen molar-refractivity contribution in [3.8, 4) is 0 Å². The number of nitrogens with two attached hydrogens (primary N) is 1. The smallest absolute Gasteiger partial charge is 0.0468 e. The molecule has 90 valence electrons. The normalized spacial score (nSPS) is 13.1. The minimum absolute atomic E-state index is 0.243. The molecule has 0 fully saturated rings. The van der Waals surface area contributed by atoms with Crippen LogP contribution in [-0.4, -0.2) is 30.2 Å². The zero-order valence-corrected chi connectivity index (χ0v) is 10.2. The third-order valence-electron chi connectivity index (χ3n) is 2.61. The summed E-state index contributed by atoms with van der Waals surface area (Å²) in [6.45, 7) is 4.69. The van der Waals surface area contributed by atoms with Crippen molar-refractivity contribution in [2.24, 2.45) is 11.7 Å². The lowest BCUT2D eigenvalue weighted by Gasteiger charge is -2.20. The van der Waals surface area contributed by atoms with Gasteiger partial charge in [-0.2, -0.15) is 0 Å². The van der Waals surface area contributed by atoms with Crippen molar-refractivity contribution in [3.63, 3.8) is 0 Å². The quantitative estimate of drug-likeness (QED) is 0.760. The van der Waals surface area contributed by atoms with E-state index in [0.29, 0.717) is 12.5 Å². The highest BCUT2D eigenvalue weighted by Gasteiger charge is 2.05. The number of rotatable bonds is 6. The van der Waals surface area contributed by atoms with Gasteiger partial charge < -0.3 is 15.7 Å². The first-order chi connectivity index (χ1) is 7.65.